The zero-order chi connectivity index (χ0) is 28.2. The Morgan fingerprint density at radius 2 is 1.62 bits per heavy atom. The Balaban J connectivity index is 0.000000260. The maximum Gasteiger partial charge on any atom is 0.172 e. The predicted molar refractivity (Wildman–Crippen MR) is 151 cm³/mol. The van der Waals surface area contributed by atoms with E-state index in [2.05, 4.69) is 16.0 Å². The third-order valence-electron chi connectivity index (χ3n) is 6.55. The van der Waals surface area contributed by atoms with Crippen LogP contribution in [-0.4, -0.2) is 29.3 Å². The molecule has 39 heavy (non-hydrogen) atoms. The van der Waals surface area contributed by atoms with Gasteiger partial charge in [-0.2, -0.15) is 0 Å². The third-order valence-corrected chi connectivity index (χ3v) is 8.37. The second-order valence-corrected chi connectivity index (χ2v) is 13.6. The van der Waals surface area contributed by atoms with Crippen molar-refractivity contribution in [2.45, 2.75) is 65.2 Å². The SMILES string of the molecule is CC(C)(C)C(=O)/C=C(\O)C(C)(C)C.Cc1cc2c(cc3c4c(nccc42)-c2[c-]cccc2S3(=O)=O)c(C)n1.[Ir]. The van der Waals surface area contributed by atoms with Gasteiger partial charge in [0.05, 0.1) is 4.90 Å². The molecule has 1 radical (unpaired) electrons. The molecule has 0 saturated carbocycles. The number of allylic oxidation sites excluding steroid dienone is 2. The summed E-state index contributed by atoms with van der Waals surface area (Å²) in [7, 11) is -3.63. The Morgan fingerprint density at radius 1 is 0.949 bits per heavy atom. The Bertz CT molecular complexity index is 1750. The van der Waals surface area contributed by atoms with E-state index in [4.69, 9.17) is 0 Å². The van der Waals surface area contributed by atoms with Gasteiger partial charge in [0.25, 0.3) is 0 Å². The number of aromatic nitrogens is 2. The molecule has 5 rings (SSSR count). The summed E-state index contributed by atoms with van der Waals surface area (Å²) in [6.07, 6.45) is 3.06. The smallest absolute Gasteiger partial charge is 0.172 e. The molecule has 0 bridgehead atoms. The molecule has 0 spiro atoms. The van der Waals surface area contributed by atoms with Crippen molar-refractivity contribution in [1.82, 2.24) is 9.97 Å². The van der Waals surface area contributed by atoms with Crippen molar-refractivity contribution in [2.75, 3.05) is 0 Å². The van der Waals surface area contributed by atoms with Gasteiger partial charge in [0.2, 0.25) is 0 Å². The van der Waals surface area contributed by atoms with Gasteiger partial charge in [0, 0.05) is 60.0 Å². The molecule has 0 fully saturated rings. The van der Waals surface area contributed by atoms with Crippen LogP contribution in [0.4, 0.5) is 0 Å². The van der Waals surface area contributed by atoms with Crippen molar-refractivity contribution in [3.63, 3.8) is 0 Å². The van der Waals surface area contributed by atoms with E-state index in [0.717, 1.165) is 27.5 Å². The first-order valence-corrected chi connectivity index (χ1v) is 13.9. The Labute approximate surface area is 243 Å². The fraction of sp³-hybridized carbons (Fsp3) is 0.323. The van der Waals surface area contributed by atoms with E-state index in [-0.39, 0.29) is 42.0 Å². The standard InChI is InChI=1S/C20H13N2O2S.C11H20O2.Ir/c1-11-9-16-13-7-8-21-20-14-5-3-4-6-17(14)25(23,24)18(19(13)20)10-15(16)12(2)22-11;1-10(2,3)8(12)7-9(13)11(4,5)6;/h3-4,6-10H,1-2H3;7,12H,1-6H3;/q-1;;/b;8-7-;. The van der Waals surface area contributed by atoms with Gasteiger partial charge in [0.15, 0.2) is 15.6 Å². The van der Waals surface area contributed by atoms with E-state index in [1.54, 1.807) is 30.5 Å². The van der Waals surface area contributed by atoms with Crippen LogP contribution in [0.2, 0.25) is 0 Å². The average Bonchev–Trinajstić information content (AvgIpc) is 2.82. The van der Waals surface area contributed by atoms with Crippen LogP contribution >= 0.6 is 0 Å². The van der Waals surface area contributed by atoms with E-state index in [1.807, 2.05) is 67.5 Å². The molecule has 207 valence electrons. The molecule has 6 nitrogen and oxygen atoms in total. The molecule has 0 amide bonds. The minimum atomic E-state index is -3.63. The van der Waals surface area contributed by atoms with Crippen molar-refractivity contribution in [2.24, 2.45) is 10.8 Å². The summed E-state index contributed by atoms with van der Waals surface area (Å²) < 4.78 is 26.5. The minimum Gasteiger partial charge on any atom is -0.512 e. The molecule has 1 N–H and O–H groups in total. The number of nitrogens with zero attached hydrogens (tertiary/aromatic N) is 2. The minimum absolute atomic E-state index is 0. The van der Waals surface area contributed by atoms with E-state index in [0.29, 0.717) is 21.5 Å². The number of aryl methyl sites for hydroxylation is 2. The largest absolute Gasteiger partial charge is 0.512 e. The molecule has 0 aliphatic carbocycles. The number of hydrogen-bond acceptors (Lipinski definition) is 6. The molecule has 0 atom stereocenters. The quantitative estimate of drug-likeness (QED) is 0.0859. The number of rotatable bonds is 1. The fourth-order valence-corrected chi connectivity index (χ4v) is 5.96. The second-order valence-electron chi connectivity index (χ2n) is 11.7. The number of aliphatic hydroxyl groups excluding tert-OH is 1. The molecular weight excluding hydrogens is 689 g/mol. The van der Waals surface area contributed by atoms with Crippen LogP contribution in [0.1, 0.15) is 52.9 Å². The Morgan fingerprint density at radius 3 is 2.23 bits per heavy atom. The van der Waals surface area contributed by atoms with Gasteiger partial charge in [-0.25, -0.2) is 8.42 Å². The number of benzene rings is 2. The van der Waals surface area contributed by atoms with Crippen LogP contribution in [0.25, 0.3) is 32.8 Å². The Hall–Kier alpha value is -2.93. The number of hydrogen-bond donors (Lipinski definition) is 1. The zero-order valence-corrected chi connectivity index (χ0v) is 26.6. The molecule has 1 aliphatic heterocycles. The van der Waals surface area contributed by atoms with E-state index in [9.17, 15) is 18.3 Å². The summed E-state index contributed by atoms with van der Waals surface area (Å²) in [6.45, 7) is 15.0. The summed E-state index contributed by atoms with van der Waals surface area (Å²) in [5.74, 6) is 0.104. The van der Waals surface area contributed by atoms with Crippen molar-refractivity contribution >= 4 is 37.2 Å². The molecule has 3 heterocycles. The maximum absolute atomic E-state index is 13.2. The maximum atomic E-state index is 13.2. The normalized spacial score (nSPS) is 14.2. The van der Waals surface area contributed by atoms with Gasteiger partial charge in [-0.15, -0.1) is 29.8 Å². The van der Waals surface area contributed by atoms with Crippen LogP contribution in [0.5, 0.6) is 0 Å². The van der Waals surface area contributed by atoms with Crippen LogP contribution in [0.15, 0.2) is 64.2 Å². The number of pyridine rings is 2. The van der Waals surface area contributed by atoms with Crippen LogP contribution in [-0.2, 0) is 34.7 Å². The van der Waals surface area contributed by atoms with E-state index in [1.165, 1.54) is 6.08 Å². The summed E-state index contributed by atoms with van der Waals surface area (Å²) in [4.78, 5) is 21.0. The summed E-state index contributed by atoms with van der Waals surface area (Å²) in [6, 6.07) is 13.7. The van der Waals surface area contributed by atoms with Gasteiger partial charge < -0.3 is 10.1 Å². The Kier molecular flexibility index (Phi) is 8.29. The monoisotopic (exact) mass is 722 g/mol. The van der Waals surface area contributed by atoms with E-state index < -0.39 is 15.3 Å². The third kappa shape index (κ3) is 5.69. The number of carbonyl (C=O) groups excluding carboxylic acids is 1. The molecule has 4 aromatic rings. The number of sulfone groups is 1. The van der Waals surface area contributed by atoms with Crippen molar-refractivity contribution in [1.29, 1.82) is 0 Å². The van der Waals surface area contributed by atoms with E-state index >= 15 is 0 Å². The molecule has 2 aromatic carbocycles. The first-order valence-electron chi connectivity index (χ1n) is 12.4. The summed E-state index contributed by atoms with van der Waals surface area (Å²) in [5.41, 5.74) is 2.19. The zero-order valence-electron chi connectivity index (χ0n) is 23.4. The topological polar surface area (TPSA) is 97.2 Å². The van der Waals surface area contributed by atoms with Crippen LogP contribution in [0, 0.1) is 30.7 Å². The number of aliphatic hydroxyl groups is 1. The summed E-state index contributed by atoms with van der Waals surface area (Å²) >= 11 is 0. The van der Waals surface area contributed by atoms with Gasteiger partial charge in [-0.05, 0) is 58.8 Å². The first kappa shape index (κ1) is 30.6. The average molecular weight is 722 g/mol. The predicted octanol–water partition coefficient (Wildman–Crippen LogP) is 7.10. The van der Waals surface area contributed by atoms with Gasteiger partial charge >= 0.3 is 0 Å². The van der Waals surface area contributed by atoms with Crippen LogP contribution in [0.3, 0.4) is 0 Å². The van der Waals surface area contributed by atoms with Gasteiger partial charge in [-0.3, -0.25) is 9.78 Å². The molecular formula is C31H33IrN2O4S-. The molecule has 1 aliphatic rings. The molecule has 0 unspecified atom stereocenters. The van der Waals surface area contributed by atoms with Gasteiger partial charge in [-0.1, -0.05) is 41.5 Å². The van der Waals surface area contributed by atoms with Gasteiger partial charge in [0.1, 0.15) is 5.76 Å². The number of ketones is 1. The molecule has 2 aromatic heterocycles. The number of fused-ring (bicyclic) bond motifs is 4. The van der Waals surface area contributed by atoms with Crippen LogP contribution < -0.4 is 0 Å². The first-order chi connectivity index (χ1) is 17.5. The van der Waals surface area contributed by atoms with Crippen molar-refractivity contribution in [3.05, 3.63) is 71.9 Å². The fourth-order valence-electron chi connectivity index (χ4n) is 4.29. The molecule has 8 heteroatoms. The number of carbonyl (C=O) groups is 1. The molecule has 0 saturated heterocycles. The second kappa shape index (κ2) is 10.6. The van der Waals surface area contributed by atoms with Crippen molar-refractivity contribution in [3.8, 4) is 11.3 Å². The summed E-state index contributed by atoms with van der Waals surface area (Å²) in [5, 5.41) is 13.0. The van der Waals surface area contributed by atoms with Crippen molar-refractivity contribution < 1.29 is 38.4 Å².